The Labute approximate surface area is 155 Å². The van der Waals surface area contributed by atoms with Crippen LogP contribution < -0.4 is 15.0 Å². The second-order valence-corrected chi connectivity index (χ2v) is 6.90. The maximum Gasteiger partial charge on any atom is 0.265 e. The van der Waals surface area contributed by atoms with Crippen LogP contribution in [0.15, 0.2) is 48.5 Å². The number of carbonyl (C=O) groups is 1. The Bertz CT molecular complexity index is 737. The molecule has 0 radical (unpaired) electrons. The third kappa shape index (κ3) is 4.76. The van der Waals surface area contributed by atoms with Crippen molar-refractivity contribution in [1.29, 1.82) is 0 Å². The van der Waals surface area contributed by atoms with Gasteiger partial charge in [-0.3, -0.25) is 4.79 Å². The Balaban J connectivity index is 1.55. The van der Waals surface area contributed by atoms with Gasteiger partial charge in [-0.2, -0.15) is 0 Å². The third-order valence-corrected chi connectivity index (χ3v) is 4.67. The van der Waals surface area contributed by atoms with Crippen LogP contribution in [-0.4, -0.2) is 50.1 Å². The highest BCUT2D eigenvalue weighted by Gasteiger charge is 2.16. The summed E-state index contributed by atoms with van der Waals surface area (Å²) in [5.74, 6) is 0.553. The molecule has 0 unspecified atom stereocenters. The Morgan fingerprint density at radius 3 is 2.42 bits per heavy atom. The van der Waals surface area contributed by atoms with Gasteiger partial charge in [-0.05, 0) is 62.9 Å². The molecule has 0 spiro atoms. The quantitative estimate of drug-likeness (QED) is 0.897. The number of anilines is 2. The fourth-order valence-corrected chi connectivity index (χ4v) is 3.01. The summed E-state index contributed by atoms with van der Waals surface area (Å²) in [5, 5.41) is 2.92. The lowest BCUT2D eigenvalue weighted by atomic mass is 10.2. The molecule has 0 saturated carbocycles. The first-order valence-electron chi connectivity index (χ1n) is 9.09. The molecule has 3 rings (SSSR count). The number of rotatable bonds is 5. The summed E-state index contributed by atoms with van der Waals surface area (Å²) in [7, 11) is 2.15. The average Bonchev–Trinajstić information content (AvgIpc) is 2.63. The van der Waals surface area contributed by atoms with Gasteiger partial charge < -0.3 is 19.9 Å². The standard InChI is InChI=1S/C21H27N3O2/c1-16-5-4-6-20(15-16)26-17(2)21(25)22-18-7-9-19(10-8-18)24-13-11-23(3)12-14-24/h4-10,15,17H,11-14H2,1-3H3,(H,22,25)/t17-/m1/s1. The average molecular weight is 353 g/mol. The number of nitrogens with zero attached hydrogens (tertiary/aromatic N) is 2. The van der Waals surface area contributed by atoms with E-state index in [1.54, 1.807) is 6.92 Å². The zero-order chi connectivity index (χ0) is 18.5. The fraction of sp³-hybridized carbons (Fsp3) is 0.381. The maximum atomic E-state index is 12.4. The molecule has 26 heavy (non-hydrogen) atoms. The summed E-state index contributed by atoms with van der Waals surface area (Å²) >= 11 is 0. The SMILES string of the molecule is Cc1cccc(O[C@H](C)C(=O)Nc2ccc(N3CCN(C)CC3)cc2)c1. The molecule has 1 fully saturated rings. The Morgan fingerprint density at radius 1 is 1.08 bits per heavy atom. The number of ether oxygens (including phenoxy) is 1. The van der Waals surface area contributed by atoms with Crippen molar-refractivity contribution in [2.24, 2.45) is 0 Å². The van der Waals surface area contributed by atoms with Gasteiger partial charge in [-0.25, -0.2) is 0 Å². The van der Waals surface area contributed by atoms with E-state index in [9.17, 15) is 4.79 Å². The van der Waals surface area contributed by atoms with Crippen molar-refractivity contribution in [2.75, 3.05) is 43.4 Å². The number of likely N-dealkylation sites (N-methyl/N-ethyl adjacent to an activating group) is 1. The smallest absolute Gasteiger partial charge is 0.265 e. The Morgan fingerprint density at radius 2 is 1.77 bits per heavy atom. The molecule has 1 aliphatic rings. The van der Waals surface area contributed by atoms with E-state index < -0.39 is 6.10 Å². The molecule has 0 bridgehead atoms. The number of nitrogens with one attached hydrogen (secondary N) is 1. The van der Waals surface area contributed by atoms with Crippen LogP contribution in [0.4, 0.5) is 11.4 Å². The molecule has 1 aliphatic heterocycles. The monoisotopic (exact) mass is 353 g/mol. The van der Waals surface area contributed by atoms with E-state index in [0.717, 1.165) is 37.4 Å². The molecule has 1 saturated heterocycles. The van der Waals surface area contributed by atoms with Crippen LogP contribution in [0, 0.1) is 6.92 Å². The van der Waals surface area contributed by atoms with E-state index in [1.165, 1.54) is 5.69 Å². The van der Waals surface area contributed by atoms with Crippen LogP contribution in [0.3, 0.4) is 0 Å². The van der Waals surface area contributed by atoms with E-state index in [2.05, 4.69) is 34.3 Å². The van der Waals surface area contributed by atoms with Gasteiger partial charge in [0.25, 0.3) is 5.91 Å². The molecular weight excluding hydrogens is 326 g/mol. The van der Waals surface area contributed by atoms with Crippen molar-refractivity contribution < 1.29 is 9.53 Å². The molecule has 5 nitrogen and oxygen atoms in total. The summed E-state index contributed by atoms with van der Waals surface area (Å²) in [6, 6.07) is 15.7. The molecule has 5 heteroatoms. The van der Waals surface area contributed by atoms with Crippen LogP contribution in [0.2, 0.25) is 0 Å². The second-order valence-electron chi connectivity index (χ2n) is 6.90. The molecule has 2 aromatic carbocycles. The molecule has 1 atom stereocenters. The summed E-state index contributed by atoms with van der Waals surface area (Å²) in [6.07, 6.45) is -0.561. The normalized spacial score (nSPS) is 16.2. The molecule has 138 valence electrons. The number of piperazine rings is 1. The fourth-order valence-electron chi connectivity index (χ4n) is 3.01. The zero-order valence-corrected chi connectivity index (χ0v) is 15.7. The minimum Gasteiger partial charge on any atom is -0.481 e. The summed E-state index contributed by atoms with van der Waals surface area (Å²) in [6.45, 7) is 7.97. The molecule has 2 aromatic rings. The van der Waals surface area contributed by atoms with Gasteiger partial charge >= 0.3 is 0 Å². The summed E-state index contributed by atoms with van der Waals surface area (Å²) in [4.78, 5) is 17.1. The van der Waals surface area contributed by atoms with E-state index in [-0.39, 0.29) is 5.91 Å². The third-order valence-electron chi connectivity index (χ3n) is 4.67. The van der Waals surface area contributed by atoms with Gasteiger partial charge in [0.05, 0.1) is 0 Å². The maximum absolute atomic E-state index is 12.4. The highest BCUT2D eigenvalue weighted by Crippen LogP contribution is 2.20. The molecule has 0 aromatic heterocycles. The van der Waals surface area contributed by atoms with Crippen molar-refractivity contribution in [3.8, 4) is 5.75 Å². The van der Waals surface area contributed by atoms with Crippen molar-refractivity contribution in [1.82, 2.24) is 4.90 Å². The van der Waals surface area contributed by atoms with Crippen molar-refractivity contribution in [3.63, 3.8) is 0 Å². The first kappa shape index (κ1) is 18.3. The van der Waals surface area contributed by atoms with Crippen LogP contribution in [0.25, 0.3) is 0 Å². The van der Waals surface area contributed by atoms with E-state index in [1.807, 2.05) is 43.3 Å². The topological polar surface area (TPSA) is 44.8 Å². The van der Waals surface area contributed by atoms with Gasteiger partial charge in [0, 0.05) is 37.6 Å². The minimum atomic E-state index is -0.561. The van der Waals surface area contributed by atoms with E-state index in [0.29, 0.717) is 5.75 Å². The van der Waals surface area contributed by atoms with Gasteiger partial charge in [0.2, 0.25) is 0 Å². The molecule has 1 heterocycles. The van der Waals surface area contributed by atoms with Crippen LogP contribution in [0.5, 0.6) is 5.75 Å². The number of benzene rings is 2. The first-order chi connectivity index (χ1) is 12.5. The minimum absolute atomic E-state index is 0.154. The highest BCUT2D eigenvalue weighted by atomic mass is 16.5. The summed E-state index contributed by atoms with van der Waals surface area (Å²) in [5.41, 5.74) is 3.09. The predicted molar refractivity (Wildman–Crippen MR) is 106 cm³/mol. The number of carbonyl (C=O) groups excluding carboxylic acids is 1. The first-order valence-corrected chi connectivity index (χ1v) is 9.09. The van der Waals surface area contributed by atoms with E-state index >= 15 is 0 Å². The number of hydrogen-bond acceptors (Lipinski definition) is 4. The summed E-state index contributed by atoms with van der Waals surface area (Å²) < 4.78 is 5.73. The van der Waals surface area contributed by atoms with Crippen LogP contribution in [0.1, 0.15) is 12.5 Å². The predicted octanol–water partition coefficient (Wildman–Crippen LogP) is 3.15. The van der Waals surface area contributed by atoms with Gasteiger partial charge in [0.1, 0.15) is 5.75 Å². The molecule has 0 aliphatic carbocycles. The lowest BCUT2D eigenvalue weighted by Gasteiger charge is -2.34. The second kappa shape index (κ2) is 8.23. The van der Waals surface area contributed by atoms with Crippen molar-refractivity contribution in [2.45, 2.75) is 20.0 Å². The highest BCUT2D eigenvalue weighted by molar-refractivity contribution is 5.94. The number of aryl methyl sites for hydroxylation is 1. The van der Waals surface area contributed by atoms with Gasteiger partial charge in [0.15, 0.2) is 6.10 Å². The van der Waals surface area contributed by atoms with Crippen LogP contribution in [-0.2, 0) is 4.79 Å². The molecule has 1 N–H and O–H groups in total. The Kier molecular flexibility index (Phi) is 5.78. The van der Waals surface area contributed by atoms with Crippen molar-refractivity contribution in [3.05, 3.63) is 54.1 Å². The Hall–Kier alpha value is -2.53. The van der Waals surface area contributed by atoms with E-state index in [4.69, 9.17) is 4.74 Å². The number of hydrogen-bond donors (Lipinski definition) is 1. The van der Waals surface area contributed by atoms with Gasteiger partial charge in [-0.15, -0.1) is 0 Å². The molecule has 1 amide bonds. The van der Waals surface area contributed by atoms with Crippen LogP contribution >= 0.6 is 0 Å². The molecular formula is C21H27N3O2. The number of amides is 1. The van der Waals surface area contributed by atoms with Gasteiger partial charge in [-0.1, -0.05) is 12.1 Å². The van der Waals surface area contributed by atoms with Crippen molar-refractivity contribution >= 4 is 17.3 Å². The largest absolute Gasteiger partial charge is 0.481 e. The lowest BCUT2D eigenvalue weighted by molar-refractivity contribution is -0.122. The lowest BCUT2D eigenvalue weighted by Crippen LogP contribution is -2.44. The zero-order valence-electron chi connectivity index (χ0n) is 15.7.